The molecule has 0 aliphatic carbocycles. The fourth-order valence-corrected chi connectivity index (χ4v) is 2.27. The number of hydrogen-bond donors (Lipinski definition) is 2. The van der Waals surface area contributed by atoms with E-state index < -0.39 is 11.8 Å². The number of halogens is 1. The number of rotatable bonds is 4. The van der Waals surface area contributed by atoms with Crippen LogP contribution in [0.25, 0.3) is 6.08 Å². The molecule has 118 valence electrons. The summed E-state index contributed by atoms with van der Waals surface area (Å²) in [6.45, 7) is 0.148. The molecule has 0 spiro atoms. The highest BCUT2D eigenvalue weighted by Gasteiger charge is 2.16. The highest BCUT2D eigenvalue weighted by atomic mass is 79.9. The Morgan fingerprint density at radius 2 is 1.96 bits per heavy atom. The van der Waals surface area contributed by atoms with Gasteiger partial charge >= 0.3 is 0 Å². The van der Waals surface area contributed by atoms with Crippen LogP contribution in [0.4, 0.5) is 0 Å². The van der Waals surface area contributed by atoms with Gasteiger partial charge in [0.05, 0.1) is 0 Å². The second-order valence-electron chi connectivity index (χ2n) is 4.59. The van der Waals surface area contributed by atoms with Crippen LogP contribution in [-0.4, -0.2) is 18.6 Å². The third-order valence-electron chi connectivity index (χ3n) is 3.02. The van der Waals surface area contributed by atoms with E-state index in [2.05, 4.69) is 21.2 Å². The number of benzene rings is 1. The van der Waals surface area contributed by atoms with Crippen LogP contribution in [0.3, 0.4) is 0 Å². The number of hydrogen-bond acceptors (Lipinski definition) is 5. The van der Waals surface area contributed by atoms with Gasteiger partial charge in [0.15, 0.2) is 21.9 Å². The van der Waals surface area contributed by atoms with Gasteiger partial charge in [-0.3, -0.25) is 9.59 Å². The number of carbonyl (C=O) groups is 2. The molecule has 0 saturated carbocycles. The standard InChI is InChI=1S/C15H11BrN2O5/c16-13-4-3-11(23-13)15(20)18-9(14(17)19)5-8-1-2-10-12(6-8)22-7-21-10/h1-6H,7H2,(H2,17,19)(H,18,20)/b9-5-. The lowest BCUT2D eigenvalue weighted by molar-refractivity contribution is -0.114. The van der Waals surface area contributed by atoms with E-state index in [-0.39, 0.29) is 18.3 Å². The van der Waals surface area contributed by atoms with Crippen LogP contribution in [0, 0.1) is 0 Å². The highest BCUT2D eigenvalue weighted by molar-refractivity contribution is 9.10. The topological polar surface area (TPSA) is 104 Å². The van der Waals surface area contributed by atoms with Crippen molar-refractivity contribution in [2.24, 2.45) is 5.73 Å². The molecule has 0 fully saturated rings. The van der Waals surface area contributed by atoms with Crippen molar-refractivity contribution in [3.05, 3.63) is 52.0 Å². The Labute approximate surface area is 139 Å². The molecular formula is C15H11BrN2O5. The van der Waals surface area contributed by atoms with Crippen molar-refractivity contribution in [3.8, 4) is 11.5 Å². The third-order valence-corrected chi connectivity index (χ3v) is 3.44. The van der Waals surface area contributed by atoms with E-state index in [1.165, 1.54) is 12.1 Å². The Balaban J connectivity index is 1.83. The van der Waals surface area contributed by atoms with Gasteiger partial charge in [-0.25, -0.2) is 0 Å². The van der Waals surface area contributed by atoms with Crippen molar-refractivity contribution in [2.45, 2.75) is 0 Å². The molecule has 2 heterocycles. The number of amides is 2. The summed E-state index contributed by atoms with van der Waals surface area (Å²) in [7, 11) is 0. The lowest BCUT2D eigenvalue weighted by atomic mass is 10.1. The first-order valence-corrected chi connectivity index (χ1v) is 7.30. The van der Waals surface area contributed by atoms with E-state index in [1.807, 2.05) is 0 Å². The van der Waals surface area contributed by atoms with Gasteiger partial charge in [-0.1, -0.05) is 6.07 Å². The molecule has 8 heteroatoms. The molecule has 7 nitrogen and oxygen atoms in total. The first-order valence-electron chi connectivity index (χ1n) is 6.51. The van der Waals surface area contributed by atoms with Crippen molar-refractivity contribution in [1.82, 2.24) is 5.32 Å². The fraction of sp³-hybridized carbons (Fsp3) is 0.0667. The smallest absolute Gasteiger partial charge is 0.291 e. The maximum Gasteiger partial charge on any atom is 0.291 e. The van der Waals surface area contributed by atoms with Crippen molar-refractivity contribution < 1.29 is 23.5 Å². The summed E-state index contributed by atoms with van der Waals surface area (Å²) in [5.41, 5.74) is 5.87. The number of ether oxygens (including phenoxy) is 2. The fourth-order valence-electron chi connectivity index (χ4n) is 1.96. The molecule has 23 heavy (non-hydrogen) atoms. The molecular weight excluding hydrogens is 368 g/mol. The van der Waals surface area contributed by atoms with Gasteiger partial charge in [-0.15, -0.1) is 0 Å². The molecule has 1 aromatic heterocycles. The molecule has 3 N–H and O–H groups in total. The van der Waals surface area contributed by atoms with Gasteiger partial charge in [-0.2, -0.15) is 0 Å². The van der Waals surface area contributed by atoms with E-state index >= 15 is 0 Å². The summed E-state index contributed by atoms with van der Waals surface area (Å²) in [5, 5.41) is 2.42. The summed E-state index contributed by atoms with van der Waals surface area (Å²) in [4.78, 5) is 23.6. The maximum absolute atomic E-state index is 12.0. The molecule has 2 aromatic rings. The maximum atomic E-state index is 12.0. The predicted molar refractivity (Wildman–Crippen MR) is 83.6 cm³/mol. The largest absolute Gasteiger partial charge is 0.454 e. The Morgan fingerprint density at radius 1 is 1.17 bits per heavy atom. The molecule has 0 bridgehead atoms. The monoisotopic (exact) mass is 378 g/mol. The van der Waals surface area contributed by atoms with E-state index in [1.54, 1.807) is 24.3 Å². The van der Waals surface area contributed by atoms with Crippen LogP contribution in [0.15, 0.2) is 45.1 Å². The van der Waals surface area contributed by atoms with Crippen LogP contribution in [-0.2, 0) is 4.79 Å². The number of nitrogens with one attached hydrogen (secondary N) is 1. The summed E-state index contributed by atoms with van der Waals surface area (Å²) in [6, 6.07) is 8.14. The van der Waals surface area contributed by atoms with E-state index in [9.17, 15) is 9.59 Å². The van der Waals surface area contributed by atoms with Crippen LogP contribution >= 0.6 is 15.9 Å². The molecule has 0 radical (unpaired) electrons. The van der Waals surface area contributed by atoms with E-state index in [0.29, 0.717) is 21.7 Å². The second kappa shape index (κ2) is 6.17. The Morgan fingerprint density at radius 3 is 2.65 bits per heavy atom. The van der Waals surface area contributed by atoms with Crippen LogP contribution in [0.1, 0.15) is 16.1 Å². The average molecular weight is 379 g/mol. The van der Waals surface area contributed by atoms with Gasteiger partial charge in [0.1, 0.15) is 5.70 Å². The van der Waals surface area contributed by atoms with Crippen LogP contribution < -0.4 is 20.5 Å². The third kappa shape index (κ3) is 3.37. The van der Waals surface area contributed by atoms with Crippen LogP contribution in [0.5, 0.6) is 11.5 Å². The molecule has 0 unspecified atom stereocenters. The molecule has 1 aromatic carbocycles. The lowest BCUT2D eigenvalue weighted by Gasteiger charge is -2.06. The van der Waals surface area contributed by atoms with E-state index in [4.69, 9.17) is 19.6 Å². The molecule has 3 rings (SSSR count). The van der Waals surface area contributed by atoms with Gasteiger partial charge in [0.25, 0.3) is 11.8 Å². The molecule has 2 amide bonds. The minimum absolute atomic E-state index is 0.0507. The molecule has 1 aliphatic rings. The van der Waals surface area contributed by atoms with Gasteiger partial charge < -0.3 is 24.9 Å². The first kappa shape index (κ1) is 15.2. The minimum atomic E-state index is -0.776. The van der Waals surface area contributed by atoms with E-state index in [0.717, 1.165) is 0 Å². The number of nitrogens with two attached hydrogens (primary N) is 1. The molecule has 0 atom stereocenters. The SMILES string of the molecule is NC(=O)/C(=C/c1ccc2c(c1)OCO2)NC(=O)c1ccc(Br)o1. The first-order chi connectivity index (χ1) is 11.0. The normalized spacial score (nSPS) is 13.0. The Bertz CT molecular complexity index is 812. The minimum Gasteiger partial charge on any atom is -0.454 e. The van der Waals surface area contributed by atoms with Crippen molar-refractivity contribution in [1.29, 1.82) is 0 Å². The summed E-state index contributed by atoms with van der Waals surface area (Å²) in [6.07, 6.45) is 1.44. The van der Waals surface area contributed by atoms with Gasteiger partial charge in [-0.05, 0) is 51.8 Å². The van der Waals surface area contributed by atoms with Crippen molar-refractivity contribution in [3.63, 3.8) is 0 Å². The number of carbonyl (C=O) groups excluding carboxylic acids is 2. The predicted octanol–water partition coefficient (Wildman–Crippen LogP) is 2.03. The second-order valence-corrected chi connectivity index (χ2v) is 5.37. The highest BCUT2D eigenvalue weighted by Crippen LogP contribution is 2.33. The van der Waals surface area contributed by atoms with Gasteiger partial charge in [0.2, 0.25) is 6.79 Å². The molecule has 1 aliphatic heterocycles. The summed E-state index contributed by atoms with van der Waals surface area (Å²) < 4.78 is 16.0. The number of primary amides is 1. The lowest BCUT2D eigenvalue weighted by Crippen LogP contribution is -2.30. The number of fused-ring (bicyclic) bond motifs is 1. The number of furan rings is 1. The zero-order valence-corrected chi connectivity index (χ0v) is 13.3. The average Bonchev–Trinajstić information content (AvgIpc) is 3.14. The summed E-state index contributed by atoms with van der Waals surface area (Å²) >= 11 is 3.10. The zero-order valence-electron chi connectivity index (χ0n) is 11.7. The quantitative estimate of drug-likeness (QED) is 0.792. The van der Waals surface area contributed by atoms with Crippen LogP contribution in [0.2, 0.25) is 0 Å². The van der Waals surface area contributed by atoms with Crippen molar-refractivity contribution in [2.75, 3.05) is 6.79 Å². The molecule has 0 saturated heterocycles. The van der Waals surface area contributed by atoms with Crippen molar-refractivity contribution >= 4 is 33.8 Å². The zero-order chi connectivity index (χ0) is 16.4. The Kier molecular flexibility index (Phi) is 4.07. The Hall–Kier alpha value is -2.74. The van der Waals surface area contributed by atoms with Gasteiger partial charge in [0, 0.05) is 0 Å². The summed E-state index contributed by atoms with van der Waals surface area (Å²) in [5.74, 6) is -0.131.